The Morgan fingerprint density at radius 1 is 1.06 bits per heavy atom. The Bertz CT molecular complexity index is 988. The number of likely N-dealkylation sites (tertiary alicyclic amines) is 1. The fourth-order valence-corrected chi connectivity index (χ4v) is 3.10. The van der Waals surface area contributed by atoms with Gasteiger partial charge in [0.05, 0.1) is 24.2 Å². The molecule has 0 N–H and O–H groups in total. The number of carbonyl (C=O) groups excluding carboxylic acids is 1. The lowest BCUT2D eigenvalue weighted by atomic mass is 10.0. The Morgan fingerprint density at radius 2 is 1.61 bits per heavy atom. The molecule has 0 atom stereocenters. The van der Waals surface area contributed by atoms with Crippen LogP contribution in [0.3, 0.4) is 0 Å². The van der Waals surface area contributed by atoms with Crippen molar-refractivity contribution in [1.82, 2.24) is 19.7 Å². The summed E-state index contributed by atoms with van der Waals surface area (Å²) in [5.41, 5.74) is -3.62. The number of aromatic nitrogens is 3. The molecule has 14 heteroatoms. The minimum absolute atomic E-state index is 0.0213. The van der Waals surface area contributed by atoms with Gasteiger partial charge in [0, 0.05) is 22.7 Å². The van der Waals surface area contributed by atoms with E-state index in [4.69, 9.17) is 0 Å². The van der Waals surface area contributed by atoms with Crippen molar-refractivity contribution in [3.63, 3.8) is 0 Å². The Hall–Kier alpha value is -2.51. The van der Waals surface area contributed by atoms with Crippen molar-refractivity contribution < 1.29 is 39.9 Å². The molecule has 0 unspecified atom stereocenters. The lowest BCUT2D eigenvalue weighted by Gasteiger charge is -2.38. The van der Waals surface area contributed by atoms with Gasteiger partial charge in [-0.3, -0.25) is 4.79 Å². The number of hydrogen-bond donors (Lipinski definition) is 0. The van der Waals surface area contributed by atoms with E-state index in [1.165, 1.54) is 0 Å². The van der Waals surface area contributed by atoms with Crippen molar-refractivity contribution in [2.75, 3.05) is 18.4 Å². The molecule has 1 aliphatic heterocycles. The topological polar surface area (TPSA) is 51.0 Å². The Kier molecular flexibility index (Phi) is 5.88. The normalized spacial score (nSPS) is 16.9. The molecule has 0 bridgehead atoms. The molecule has 3 rings (SSSR count). The first kappa shape index (κ1) is 23.2. The average molecular weight is 519 g/mol. The van der Waals surface area contributed by atoms with Crippen molar-refractivity contribution >= 4 is 28.0 Å². The highest BCUT2D eigenvalue weighted by Crippen LogP contribution is 2.38. The molecule has 1 saturated heterocycles. The Balaban J connectivity index is 1.92. The molecule has 1 amide bonds. The number of hydrogen-bond acceptors (Lipinski definition) is 3. The molecule has 5 nitrogen and oxygen atoms in total. The van der Waals surface area contributed by atoms with Gasteiger partial charge in [0.1, 0.15) is 6.33 Å². The highest BCUT2D eigenvalue weighted by molar-refractivity contribution is 9.09. The van der Waals surface area contributed by atoms with Crippen molar-refractivity contribution in [3.8, 4) is 11.4 Å². The first-order valence-electron chi connectivity index (χ1n) is 8.34. The summed E-state index contributed by atoms with van der Waals surface area (Å²) in [4.78, 5) is 16.8. The molecular weight excluding hydrogens is 508 g/mol. The van der Waals surface area contributed by atoms with Gasteiger partial charge in [-0.25, -0.2) is 18.4 Å². The summed E-state index contributed by atoms with van der Waals surface area (Å²) in [5.74, 6) is -4.16. The second-order valence-corrected chi connectivity index (χ2v) is 7.21. The van der Waals surface area contributed by atoms with E-state index in [-0.39, 0.29) is 17.0 Å². The van der Waals surface area contributed by atoms with Gasteiger partial charge in [0.2, 0.25) is 0 Å². The fraction of sp³-hybridized carbons (Fsp3) is 0.353. The molecular formula is C17H11BrF8N4O. The van der Waals surface area contributed by atoms with Crippen molar-refractivity contribution in [1.29, 1.82) is 0 Å². The van der Waals surface area contributed by atoms with Crippen molar-refractivity contribution in [2.24, 2.45) is 0 Å². The first-order valence-corrected chi connectivity index (χ1v) is 9.46. The third-order valence-corrected chi connectivity index (χ3v) is 4.80. The predicted octanol–water partition coefficient (Wildman–Crippen LogP) is 4.70. The highest BCUT2D eigenvalue weighted by Gasteiger charge is 2.46. The van der Waals surface area contributed by atoms with Gasteiger partial charge in [-0.05, 0) is 18.2 Å². The third-order valence-electron chi connectivity index (χ3n) is 4.19. The zero-order chi connectivity index (χ0) is 23.2. The van der Waals surface area contributed by atoms with E-state index in [0.717, 1.165) is 22.1 Å². The van der Waals surface area contributed by atoms with Crippen LogP contribution in [-0.4, -0.2) is 49.9 Å². The maximum atomic E-state index is 13.0. The van der Waals surface area contributed by atoms with Crippen molar-refractivity contribution in [2.45, 2.75) is 18.3 Å². The maximum absolute atomic E-state index is 13.0. The minimum Gasteiger partial charge on any atom is -0.327 e. The number of nitrogens with zero attached hydrogens (tertiary/aromatic N) is 4. The summed E-state index contributed by atoms with van der Waals surface area (Å²) in [7, 11) is 0. The maximum Gasteiger partial charge on any atom is 0.416 e. The highest BCUT2D eigenvalue weighted by atomic mass is 79.9. The molecule has 2 aromatic rings. The number of rotatable bonds is 4. The van der Waals surface area contributed by atoms with Gasteiger partial charge in [-0.15, -0.1) is 5.10 Å². The van der Waals surface area contributed by atoms with E-state index in [1.54, 1.807) is 0 Å². The van der Waals surface area contributed by atoms with E-state index in [1.807, 2.05) is 0 Å². The lowest BCUT2D eigenvalue weighted by molar-refractivity contribution is -0.161. The second-order valence-electron chi connectivity index (χ2n) is 6.65. The van der Waals surface area contributed by atoms with E-state index in [0.29, 0.717) is 12.1 Å². The molecule has 0 saturated carbocycles. The molecule has 168 valence electrons. The molecule has 0 radical (unpaired) electrons. The van der Waals surface area contributed by atoms with Gasteiger partial charge in [0.25, 0.3) is 11.8 Å². The van der Waals surface area contributed by atoms with Gasteiger partial charge in [-0.2, -0.15) is 26.3 Å². The summed E-state index contributed by atoms with van der Waals surface area (Å²) >= 11 is 3.02. The van der Waals surface area contributed by atoms with Crippen LogP contribution < -0.4 is 0 Å². The smallest absolute Gasteiger partial charge is 0.327 e. The zero-order valence-corrected chi connectivity index (χ0v) is 16.7. The molecule has 2 heterocycles. The second kappa shape index (κ2) is 7.88. The van der Waals surface area contributed by atoms with E-state index in [2.05, 4.69) is 26.0 Å². The minimum atomic E-state index is -5.03. The number of alkyl halides is 9. The number of halogens is 9. The van der Waals surface area contributed by atoms with Crippen LogP contribution >= 0.6 is 15.9 Å². The summed E-state index contributed by atoms with van der Waals surface area (Å²) < 4.78 is 105. The van der Waals surface area contributed by atoms with E-state index >= 15 is 0 Å². The first-order chi connectivity index (χ1) is 14.2. The Labute approximate surface area is 177 Å². The molecule has 1 aliphatic rings. The average Bonchev–Trinajstić information content (AvgIpc) is 3.10. The molecule has 0 aliphatic carbocycles. The standard InChI is InChI=1S/C17H11BrF8N4O/c18-4-10(14(31)29-6-15(19,20)7-29)5-30-8-27-13(28-30)9-1-11(16(21,22)23)3-12(2-9)17(24,25)26/h1-3,5,8H,4,6-7H2/b10-5-. The van der Waals surface area contributed by atoms with Crippen LogP contribution in [0, 0.1) is 0 Å². The number of benzene rings is 1. The summed E-state index contributed by atoms with van der Waals surface area (Å²) in [6, 6.07) is 0.916. The zero-order valence-electron chi connectivity index (χ0n) is 15.1. The van der Waals surface area contributed by atoms with Gasteiger partial charge < -0.3 is 4.90 Å². The van der Waals surface area contributed by atoms with Crippen LogP contribution in [0.1, 0.15) is 11.1 Å². The van der Waals surface area contributed by atoms with Crippen LogP contribution in [0.25, 0.3) is 17.6 Å². The summed E-state index contributed by atoms with van der Waals surface area (Å²) in [6.07, 6.45) is -8.02. The summed E-state index contributed by atoms with van der Waals surface area (Å²) in [5, 5.41) is 3.72. The largest absolute Gasteiger partial charge is 0.416 e. The third kappa shape index (κ3) is 5.22. The van der Waals surface area contributed by atoms with Gasteiger partial charge in [-0.1, -0.05) is 15.9 Å². The molecule has 0 spiro atoms. The Morgan fingerprint density at radius 3 is 2.06 bits per heavy atom. The molecule has 1 fully saturated rings. The van der Waals surface area contributed by atoms with Gasteiger partial charge in [0.15, 0.2) is 5.82 Å². The monoisotopic (exact) mass is 518 g/mol. The van der Waals surface area contributed by atoms with E-state index < -0.39 is 59.8 Å². The number of carbonyl (C=O) groups is 1. The lowest BCUT2D eigenvalue weighted by Crippen LogP contribution is -2.58. The van der Waals surface area contributed by atoms with Crippen LogP contribution in [0.2, 0.25) is 0 Å². The van der Waals surface area contributed by atoms with E-state index in [9.17, 15) is 39.9 Å². The fourth-order valence-electron chi connectivity index (χ4n) is 2.72. The van der Waals surface area contributed by atoms with Crippen LogP contribution in [0.4, 0.5) is 35.1 Å². The quantitative estimate of drug-likeness (QED) is 0.335. The van der Waals surface area contributed by atoms with Crippen LogP contribution in [0.5, 0.6) is 0 Å². The number of amides is 1. The van der Waals surface area contributed by atoms with Crippen LogP contribution in [0.15, 0.2) is 30.1 Å². The summed E-state index contributed by atoms with van der Waals surface area (Å²) in [6.45, 7) is -1.52. The predicted molar refractivity (Wildman–Crippen MR) is 95.1 cm³/mol. The molecule has 31 heavy (non-hydrogen) atoms. The SMILES string of the molecule is O=C(/C(=C\n1cnc(-c2cc(C(F)(F)F)cc(C(F)(F)F)c2)n1)CBr)N1CC(F)(F)C1. The molecule has 1 aromatic carbocycles. The van der Waals surface area contributed by atoms with Gasteiger partial charge >= 0.3 is 12.4 Å². The van der Waals surface area contributed by atoms with Crippen LogP contribution in [-0.2, 0) is 17.1 Å². The molecule has 1 aromatic heterocycles. The van der Waals surface area contributed by atoms with Crippen molar-refractivity contribution in [3.05, 3.63) is 41.2 Å².